The zero-order valence-corrected chi connectivity index (χ0v) is 16.9. The van der Waals surface area contributed by atoms with Gasteiger partial charge in [0.25, 0.3) is 0 Å². The fourth-order valence-electron chi connectivity index (χ4n) is 4.39. The van der Waals surface area contributed by atoms with Crippen LogP contribution in [-0.2, 0) is 0 Å². The maximum atomic E-state index is 14.6. The number of nitrogen functional groups attached to an aromatic ring is 1. The number of pyridine rings is 1. The molecule has 1 aliphatic heterocycles. The minimum Gasteiger partial charge on any atom is -0.383 e. The lowest BCUT2D eigenvalue weighted by molar-refractivity contribution is 0.343. The van der Waals surface area contributed by atoms with Gasteiger partial charge in [-0.05, 0) is 61.5 Å². The Morgan fingerprint density at radius 2 is 1.90 bits per heavy atom. The molecule has 2 aromatic carbocycles. The predicted molar refractivity (Wildman–Crippen MR) is 119 cm³/mol. The van der Waals surface area contributed by atoms with Gasteiger partial charge in [-0.2, -0.15) is 5.10 Å². The van der Waals surface area contributed by atoms with Gasteiger partial charge >= 0.3 is 0 Å². The molecule has 0 aliphatic carbocycles. The molecule has 0 saturated carbocycles. The van der Waals surface area contributed by atoms with Crippen molar-refractivity contribution >= 4 is 16.6 Å². The van der Waals surface area contributed by atoms with E-state index in [1.807, 2.05) is 37.4 Å². The van der Waals surface area contributed by atoms with E-state index in [0.29, 0.717) is 17.4 Å². The molecule has 1 aliphatic rings. The SMILES string of the molecule is Cc1cccc(F)c1-c1ccc2c(N)ncc(-c3cnn(C4CCNCC4)c3)c2c1. The Morgan fingerprint density at radius 1 is 1.07 bits per heavy atom. The van der Waals surface area contributed by atoms with Gasteiger partial charge in [0, 0.05) is 34.5 Å². The monoisotopic (exact) mass is 401 g/mol. The van der Waals surface area contributed by atoms with E-state index in [0.717, 1.165) is 59.0 Å². The molecular formula is C24H24FN5. The maximum absolute atomic E-state index is 14.6. The van der Waals surface area contributed by atoms with E-state index in [9.17, 15) is 4.39 Å². The summed E-state index contributed by atoms with van der Waals surface area (Å²) in [6, 6.07) is 11.4. The fraction of sp³-hybridized carbons (Fsp3) is 0.250. The van der Waals surface area contributed by atoms with Crippen LogP contribution in [-0.4, -0.2) is 27.9 Å². The third kappa shape index (κ3) is 3.23. The van der Waals surface area contributed by atoms with Gasteiger partial charge in [0.15, 0.2) is 0 Å². The highest BCUT2D eigenvalue weighted by molar-refractivity contribution is 6.03. The van der Waals surface area contributed by atoms with E-state index >= 15 is 0 Å². The Balaban J connectivity index is 1.64. The number of aromatic nitrogens is 3. The van der Waals surface area contributed by atoms with Crippen molar-refractivity contribution in [1.29, 1.82) is 0 Å². The van der Waals surface area contributed by atoms with Gasteiger partial charge in [0.05, 0.1) is 12.2 Å². The van der Waals surface area contributed by atoms with Crippen molar-refractivity contribution in [1.82, 2.24) is 20.1 Å². The van der Waals surface area contributed by atoms with Gasteiger partial charge in [-0.1, -0.05) is 24.3 Å². The second-order valence-electron chi connectivity index (χ2n) is 7.94. The molecular weight excluding hydrogens is 377 g/mol. The molecule has 1 saturated heterocycles. The smallest absolute Gasteiger partial charge is 0.131 e. The second-order valence-corrected chi connectivity index (χ2v) is 7.94. The number of nitrogens with zero attached hydrogens (tertiary/aromatic N) is 3. The van der Waals surface area contributed by atoms with Crippen LogP contribution in [0.4, 0.5) is 10.2 Å². The Bertz CT molecular complexity index is 1200. The number of halogens is 1. The van der Waals surface area contributed by atoms with Crippen molar-refractivity contribution in [3.63, 3.8) is 0 Å². The van der Waals surface area contributed by atoms with Crippen LogP contribution < -0.4 is 11.1 Å². The normalized spacial score (nSPS) is 15.0. The summed E-state index contributed by atoms with van der Waals surface area (Å²) < 4.78 is 16.7. The molecule has 6 heteroatoms. The van der Waals surface area contributed by atoms with E-state index in [2.05, 4.69) is 26.3 Å². The lowest BCUT2D eigenvalue weighted by atomic mass is 9.95. The zero-order chi connectivity index (χ0) is 20.7. The summed E-state index contributed by atoms with van der Waals surface area (Å²) in [5, 5.41) is 9.83. The number of anilines is 1. The first-order valence-electron chi connectivity index (χ1n) is 10.3. The number of rotatable bonds is 3. The number of nitrogens with two attached hydrogens (primary N) is 1. The average molecular weight is 401 g/mol. The van der Waals surface area contributed by atoms with Crippen molar-refractivity contribution in [2.24, 2.45) is 0 Å². The first-order chi connectivity index (χ1) is 14.6. The summed E-state index contributed by atoms with van der Waals surface area (Å²) in [5.74, 6) is 0.243. The Kier molecular flexibility index (Phi) is 4.71. The fourth-order valence-corrected chi connectivity index (χ4v) is 4.39. The van der Waals surface area contributed by atoms with Gasteiger partial charge in [-0.15, -0.1) is 0 Å². The van der Waals surface area contributed by atoms with E-state index in [4.69, 9.17) is 5.73 Å². The molecule has 0 unspecified atom stereocenters. The lowest BCUT2D eigenvalue weighted by Crippen LogP contribution is -2.29. The van der Waals surface area contributed by atoms with Crippen molar-refractivity contribution in [2.45, 2.75) is 25.8 Å². The first kappa shape index (κ1) is 18.8. The second kappa shape index (κ2) is 7.54. The first-order valence-corrected chi connectivity index (χ1v) is 10.3. The van der Waals surface area contributed by atoms with Crippen LogP contribution >= 0.6 is 0 Å². The van der Waals surface area contributed by atoms with E-state index < -0.39 is 0 Å². The minimum absolute atomic E-state index is 0.225. The number of hydrogen-bond acceptors (Lipinski definition) is 4. The van der Waals surface area contributed by atoms with Crippen molar-refractivity contribution in [2.75, 3.05) is 18.8 Å². The Labute approximate surface area is 174 Å². The molecule has 0 radical (unpaired) electrons. The maximum Gasteiger partial charge on any atom is 0.131 e. The van der Waals surface area contributed by atoms with Crippen LogP contribution in [0.2, 0.25) is 0 Å². The summed E-state index contributed by atoms with van der Waals surface area (Å²) in [7, 11) is 0. The summed E-state index contributed by atoms with van der Waals surface area (Å²) >= 11 is 0. The number of nitrogens with one attached hydrogen (secondary N) is 1. The van der Waals surface area contributed by atoms with E-state index in [-0.39, 0.29) is 5.82 Å². The predicted octanol–water partition coefficient (Wildman–Crippen LogP) is 4.72. The largest absolute Gasteiger partial charge is 0.383 e. The Morgan fingerprint density at radius 3 is 2.70 bits per heavy atom. The molecule has 5 rings (SSSR count). The molecule has 3 N–H and O–H groups in total. The third-order valence-corrected chi connectivity index (χ3v) is 6.02. The van der Waals surface area contributed by atoms with Crippen LogP contribution in [0.25, 0.3) is 33.0 Å². The molecule has 0 bridgehead atoms. The van der Waals surface area contributed by atoms with Gasteiger partial charge in [0.1, 0.15) is 11.6 Å². The molecule has 0 amide bonds. The van der Waals surface area contributed by atoms with Crippen LogP contribution in [0, 0.1) is 12.7 Å². The molecule has 5 nitrogen and oxygen atoms in total. The number of hydrogen-bond donors (Lipinski definition) is 2. The van der Waals surface area contributed by atoms with Gasteiger partial charge < -0.3 is 11.1 Å². The molecule has 1 fully saturated rings. The van der Waals surface area contributed by atoms with Crippen molar-refractivity contribution in [3.05, 3.63) is 66.4 Å². The number of fused-ring (bicyclic) bond motifs is 1. The minimum atomic E-state index is -0.225. The average Bonchev–Trinajstić information content (AvgIpc) is 3.24. The topological polar surface area (TPSA) is 68.8 Å². The van der Waals surface area contributed by atoms with E-state index in [1.165, 1.54) is 6.07 Å². The van der Waals surface area contributed by atoms with Crippen LogP contribution in [0.5, 0.6) is 0 Å². The van der Waals surface area contributed by atoms with Gasteiger partial charge in [-0.3, -0.25) is 4.68 Å². The van der Waals surface area contributed by atoms with Crippen molar-refractivity contribution < 1.29 is 4.39 Å². The highest BCUT2D eigenvalue weighted by Crippen LogP contribution is 2.36. The van der Waals surface area contributed by atoms with Gasteiger partial charge in [0.2, 0.25) is 0 Å². The molecule has 152 valence electrons. The Hall–Kier alpha value is -3.25. The molecule has 3 heterocycles. The highest BCUT2D eigenvalue weighted by Gasteiger charge is 2.18. The van der Waals surface area contributed by atoms with Crippen LogP contribution in [0.1, 0.15) is 24.4 Å². The van der Waals surface area contributed by atoms with Crippen LogP contribution in [0.3, 0.4) is 0 Å². The summed E-state index contributed by atoms with van der Waals surface area (Å²) in [6.45, 7) is 3.95. The highest BCUT2D eigenvalue weighted by atomic mass is 19.1. The lowest BCUT2D eigenvalue weighted by Gasteiger charge is -2.22. The number of benzene rings is 2. The molecule has 4 aromatic rings. The summed E-state index contributed by atoms with van der Waals surface area (Å²) in [6.07, 6.45) is 7.90. The van der Waals surface area contributed by atoms with Crippen molar-refractivity contribution in [3.8, 4) is 22.3 Å². The van der Waals surface area contributed by atoms with Gasteiger partial charge in [-0.25, -0.2) is 9.37 Å². The standard InChI is InChI=1S/C24H24FN5/c1-15-3-2-4-22(25)23(15)16-5-6-19-20(11-16)21(13-28-24(19)26)17-12-29-30(14-17)18-7-9-27-10-8-18/h2-6,11-14,18,27H,7-10H2,1H3,(H2,26,28). The van der Waals surface area contributed by atoms with E-state index in [1.54, 1.807) is 12.3 Å². The number of aryl methyl sites for hydroxylation is 1. The molecule has 0 spiro atoms. The number of piperidine rings is 1. The third-order valence-electron chi connectivity index (χ3n) is 6.02. The molecule has 0 atom stereocenters. The molecule has 2 aromatic heterocycles. The summed E-state index contributed by atoms with van der Waals surface area (Å²) in [5.41, 5.74) is 10.5. The summed E-state index contributed by atoms with van der Waals surface area (Å²) in [4.78, 5) is 4.40. The molecule has 30 heavy (non-hydrogen) atoms. The zero-order valence-electron chi connectivity index (χ0n) is 16.9. The van der Waals surface area contributed by atoms with Crippen LogP contribution in [0.15, 0.2) is 55.0 Å². The quantitative estimate of drug-likeness (QED) is 0.521.